The maximum absolute atomic E-state index is 11.8. The molecule has 15 heavy (non-hydrogen) atoms. The van der Waals surface area contributed by atoms with Gasteiger partial charge >= 0.3 is 12.1 Å². The van der Waals surface area contributed by atoms with Crippen molar-refractivity contribution in [1.29, 1.82) is 0 Å². The highest BCUT2D eigenvalue weighted by Crippen LogP contribution is 2.14. The molecule has 0 unspecified atom stereocenters. The molecule has 84 valence electrons. The summed E-state index contributed by atoms with van der Waals surface area (Å²) in [5, 5.41) is 0. The summed E-state index contributed by atoms with van der Waals surface area (Å²) in [5.74, 6) is -2.02. The van der Waals surface area contributed by atoms with E-state index in [1.807, 2.05) is 6.92 Å². The second-order valence-corrected chi connectivity index (χ2v) is 2.94. The first-order valence-electron chi connectivity index (χ1n) is 4.09. The number of nitrogens with one attached hydrogen (secondary N) is 2. The Morgan fingerprint density at radius 2 is 1.80 bits per heavy atom. The van der Waals surface area contributed by atoms with E-state index in [2.05, 4.69) is 5.43 Å². The van der Waals surface area contributed by atoms with Gasteiger partial charge in [0.05, 0.1) is 5.69 Å². The van der Waals surface area contributed by atoms with E-state index < -0.39 is 12.1 Å². The first kappa shape index (κ1) is 11.4. The fraction of sp³-hybridized carbons (Fsp3) is 0.222. The van der Waals surface area contributed by atoms with Gasteiger partial charge in [-0.15, -0.1) is 0 Å². The fourth-order valence-electron chi connectivity index (χ4n) is 0.837. The van der Waals surface area contributed by atoms with Crippen LogP contribution in [-0.2, 0) is 4.79 Å². The highest BCUT2D eigenvalue weighted by molar-refractivity contribution is 5.82. The van der Waals surface area contributed by atoms with E-state index in [1.165, 1.54) is 0 Å². The van der Waals surface area contributed by atoms with Gasteiger partial charge in [-0.1, -0.05) is 17.7 Å². The largest absolute Gasteiger partial charge is 0.472 e. The number of carbonyl (C=O) groups is 1. The summed E-state index contributed by atoms with van der Waals surface area (Å²) < 4.78 is 35.3. The second-order valence-electron chi connectivity index (χ2n) is 2.94. The van der Waals surface area contributed by atoms with E-state index in [-0.39, 0.29) is 1.43 Å². The number of aryl methyl sites for hydroxylation is 1. The molecule has 1 aromatic rings. The van der Waals surface area contributed by atoms with Gasteiger partial charge in [0, 0.05) is 1.43 Å². The van der Waals surface area contributed by atoms with Gasteiger partial charge < -0.3 is 0 Å². The summed E-state index contributed by atoms with van der Waals surface area (Å²) in [6, 6.07) is 6.54. The number of benzene rings is 1. The molecule has 6 heteroatoms. The van der Waals surface area contributed by atoms with Gasteiger partial charge in [0.1, 0.15) is 0 Å². The van der Waals surface area contributed by atoms with Crippen LogP contribution in [0.5, 0.6) is 0 Å². The Bertz CT molecular complexity index is 351. The lowest BCUT2D eigenvalue weighted by Crippen LogP contribution is -2.40. The molecule has 0 aliphatic rings. The molecule has 0 bridgehead atoms. The molecular weight excluding hydrogens is 209 g/mol. The standard InChI is InChI=1S/C9H9F3N2O.H2/c1-6-2-4-7(5-3-6)13-14-8(15)9(10,11)12;/h2-5,13H,1H3,(H,14,15);1H. The lowest BCUT2D eigenvalue weighted by molar-refractivity contribution is -0.173. The van der Waals surface area contributed by atoms with Crippen molar-refractivity contribution in [2.24, 2.45) is 0 Å². The van der Waals surface area contributed by atoms with Crippen LogP contribution in [0, 0.1) is 6.92 Å². The van der Waals surface area contributed by atoms with Crippen molar-refractivity contribution in [3.8, 4) is 0 Å². The van der Waals surface area contributed by atoms with Gasteiger partial charge in [-0.2, -0.15) is 13.2 Å². The number of hydrazine groups is 1. The summed E-state index contributed by atoms with van der Waals surface area (Å²) in [6.07, 6.45) is -4.88. The number of anilines is 1. The van der Waals surface area contributed by atoms with Crippen molar-refractivity contribution < 1.29 is 19.4 Å². The lowest BCUT2D eigenvalue weighted by Gasteiger charge is -2.10. The summed E-state index contributed by atoms with van der Waals surface area (Å²) in [6.45, 7) is 1.85. The molecule has 0 atom stereocenters. The van der Waals surface area contributed by atoms with Crippen LogP contribution in [0.4, 0.5) is 18.9 Å². The Hall–Kier alpha value is -1.72. The number of rotatable bonds is 2. The van der Waals surface area contributed by atoms with E-state index in [4.69, 9.17) is 0 Å². The molecule has 0 saturated heterocycles. The topological polar surface area (TPSA) is 41.1 Å². The Kier molecular flexibility index (Phi) is 3.18. The molecular formula is C9H11F3N2O. The van der Waals surface area contributed by atoms with Crippen LogP contribution in [0.2, 0.25) is 0 Å². The molecule has 0 fully saturated rings. The van der Waals surface area contributed by atoms with Crippen molar-refractivity contribution >= 4 is 11.6 Å². The minimum absolute atomic E-state index is 0. The van der Waals surface area contributed by atoms with Gasteiger partial charge in [0.15, 0.2) is 0 Å². The zero-order valence-electron chi connectivity index (χ0n) is 7.85. The minimum Gasteiger partial charge on any atom is -0.298 e. The van der Waals surface area contributed by atoms with Crippen molar-refractivity contribution in [3.05, 3.63) is 29.8 Å². The number of alkyl halides is 3. The Morgan fingerprint density at radius 3 is 2.27 bits per heavy atom. The van der Waals surface area contributed by atoms with E-state index in [1.54, 1.807) is 29.7 Å². The van der Waals surface area contributed by atoms with Crippen molar-refractivity contribution in [1.82, 2.24) is 5.43 Å². The van der Waals surface area contributed by atoms with E-state index in [9.17, 15) is 18.0 Å². The third kappa shape index (κ3) is 3.49. The molecule has 1 aromatic carbocycles. The molecule has 3 nitrogen and oxygen atoms in total. The summed E-state index contributed by atoms with van der Waals surface area (Å²) in [5.41, 5.74) is 5.06. The maximum atomic E-state index is 11.8. The van der Waals surface area contributed by atoms with Gasteiger partial charge in [-0.3, -0.25) is 15.6 Å². The average Bonchev–Trinajstić information content (AvgIpc) is 2.15. The predicted molar refractivity (Wildman–Crippen MR) is 51.1 cm³/mol. The van der Waals surface area contributed by atoms with Crippen molar-refractivity contribution in [3.63, 3.8) is 0 Å². The Balaban J connectivity index is 0.00000225. The van der Waals surface area contributed by atoms with Crippen LogP contribution in [0.15, 0.2) is 24.3 Å². The highest BCUT2D eigenvalue weighted by Gasteiger charge is 2.38. The third-order valence-corrected chi connectivity index (χ3v) is 1.63. The number of carbonyl (C=O) groups excluding carboxylic acids is 1. The summed E-state index contributed by atoms with van der Waals surface area (Å²) in [7, 11) is 0. The molecule has 0 aromatic heterocycles. The number of hydrogen-bond acceptors (Lipinski definition) is 2. The van der Waals surface area contributed by atoms with Gasteiger partial charge in [-0.25, -0.2) is 0 Å². The molecule has 2 N–H and O–H groups in total. The van der Waals surface area contributed by atoms with Crippen molar-refractivity contribution in [2.75, 3.05) is 5.43 Å². The van der Waals surface area contributed by atoms with Crippen LogP contribution in [-0.4, -0.2) is 12.1 Å². The van der Waals surface area contributed by atoms with Gasteiger partial charge in [0.2, 0.25) is 0 Å². The maximum Gasteiger partial charge on any atom is 0.472 e. The Labute approximate surface area is 85.7 Å². The molecule has 1 amide bonds. The highest BCUT2D eigenvalue weighted by atomic mass is 19.4. The molecule has 0 aliphatic carbocycles. The quantitative estimate of drug-likeness (QED) is 0.750. The van der Waals surface area contributed by atoms with Crippen LogP contribution in [0.3, 0.4) is 0 Å². The van der Waals surface area contributed by atoms with Crippen LogP contribution in [0.25, 0.3) is 0 Å². The average molecular weight is 220 g/mol. The monoisotopic (exact) mass is 220 g/mol. The summed E-state index contributed by atoms with van der Waals surface area (Å²) in [4.78, 5) is 10.4. The van der Waals surface area contributed by atoms with Crippen LogP contribution >= 0.6 is 0 Å². The van der Waals surface area contributed by atoms with Gasteiger partial charge in [0.25, 0.3) is 0 Å². The Morgan fingerprint density at radius 1 is 1.27 bits per heavy atom. The van der Waals surface area contributed by atoms with Crippen LogP contribution < -0.4 is 10.9 Å². The van der Waals surface area contributed by atoms with E-state index in [0.29, 0.717) is 5.69 Å². The van der Waals surface area contributed by atoms with E-state index >= 15 is 0 Å². The zero-order valence-corrected chi connectivity index (χ0v) is 7.85. The number of halogens is 3. The molecule has 0 aliphatic heterocycles. The van der Waals surface area contributed by atoms with E-state index in [0.717, 1.165) is 5.56 Å². The molecule has 0 heterocycles. The first-order valence-corrected chi connectivity index (χ1v) is 4.09. The SMILES string of the molecule is Cc1ccc(NNC(=O)C(F)(F)F)cc1.[HH]. The molecule has 1 rings (SSSR count). The third-order valence-electron chi connectivity index (χ3n) is 1.63. The molecule has 0 saturated carbocycles. The van der Waals surface area contributed by atoms with Crippen LogP contribution in [0.1, 0.15) is 6.99 Å². The molecule has 0 radical (unpaired) electrons. The van der Waals surface area contributed by atoms with Gasteiger partial charge in [-0.05, 0) is 19.1 Å². The zero-order chi connectivity index (χ0) is 11.5. The summed E-state index contributed by atoms with van der Waals surface area (Å²) >= 11 is 0. The number of amides is 1. The predicted octanol–water partition coefficient (Wildman–Crippen LogP) is 2.25. The minimum atomic E-state index is -4.88. The van der Waals surface area contributed by atoms with Crippen molar-refractivity contribution in [2.45, 2.75) is 13.1 Å². The fourth-order valence-corrected chi connectivity index (χ4v) is 0.837. The lowest BCUT2D eigenvalue weighted by atomic mass is 10.2. The first-order chi connectivity index (χ1) is 6.89. The second kappa shape index (κ2) is 4.20. The normalized spacial score (nSPS) is 10.9. The smallest absolute Gasteiger partial charge is 0.298 e. The molecule has 0 spiro atoms. The number of hydrogen-bond donors (Lipinski definition) is 2.